The van der Waals surface area contributed by atoms with Crippen molar-refractivity contribution in [3.05, 3.63) is 29.8 Å². The third-order valence-corrected chi connectivity index (χ3v) is 8.41. The number of fused-ring (bicyclic) bond motifs is 1. The molecule has 5 N–H and O–H groups in total. The maximum absolute atomic E-state index is 13.7. The number of amides is 5. The molecular weight excluding hydrogens is 542 g/mol. The number of likely N-dealkylation sites (tertiary alicyclic amines) is 1. The van der Waals surface area contributed by atoms with Gasteiger partial charge in [-0.05, 0) is 43.7 Å². The molecule has 5 amide bonds. The lowest BCUT2D eigenvalue weighted by atomic mass is 9.80. The number of nitrogens with zero attached hydrogens (tertiary/aromatic N) is 1. The minimum absolute atomic E-state index is 0.0626. The summed E-state index contributed by atoms with van der Waals surface area (Å²) in [5.74, 6) is -2.41. The predicted octanol–water partition coefficient (Wildman–Crippen LogP) is 0.627. The Bertz CT molecular complexity index is 1170. The van der Waals surface area contributed by atoms with Gasteiger partial charge in [0, 0.05) is 6.54 Å². The number of benzene rings is 1. The number of hydrogen-bond donors (Lipinski definition) is 5. The Kier molecular flexibility index (Phi) is 10.4. The van der Waals surface area contributed by atoms with E-state index in [1.54, 1.807) is 24.3 Å². The molecule has 2 fully saturated rings. The van der Waals surface area contributed by atoms with Crippen molar-refractivity contribution in [1.29, 1.82) is 0 Å². The molecule has 1 saturated heterocycles. The van der Waals surface area contributed by atoms with Gasteiger partial charge in [0.25, 0.3) is 5.91 Å². The van der Waals surface area contributed by atoms with Crippen LogP contribution in [0.4, 0.5) is 0 Å². The van der Waals surface area contributed by atoms with Crippen molar-refractivity contribution in [2.45, 2.75) is 88.9 Å². The van der Waals surface area contributed by atoms with E-state index in [0.717, 1.165) is 6.42 Å². The Labute approximate surface area is 246 Å². The van der Waals surface area contributed by atoms with Gasteiger partial charge in [0.05, 0.1) is 31.2 Å². The highest BCUT2D eigenvalue weighted by atomic mass is 16.5. The summed E-state index contributed by atoms with van der Waals surface area (Å²) in [7, 11) is 0. The minimum Gasteiger partial charge on any atom is -0.491 e. The molecule has 1 saturated carbocycles. The van der Waals surface area contributed by atoms with Gasteiger partial charge in [0.15, 0.2) is 0 Å². The Morgan fingerprint density at radius 2 is 1.81 bits per heavy atom. The number of aliphatic hydroxyl groups excluding tert-OH is 1. The van der Waals surface area contributed by atoms with E-state index in [-0.39, 0.29) is 42.9 Å². The molecule has 2 heterocycles. The number of nitrogens with one attached hydrogen (secondary N) is 4. The zero-order valence-electron chi connectivity index (χ0n) is 24.4. The Hall–Kier alpha value is -3.67. The molecule has 4 rings (SSSR count). The minimum atomic E-state index is -1.24. The first-order chi connectivity index (χ1) is 20.1. The summed E-state index contributed by atoms with van der Waals surface area (Å²) in [6.45, 7) is 4.04. The number of hydrogen-bond acceptors (Lipinski definition) is 7. The van der Waals surface area contributed by atoms with Crippen LogP contribution >= 0.6 is 0 Å². The average molecular weight is 586 g/mol. The molecular formula is C30H43N5O7. The smallest absolute Gasteiger partial charge is 0.255 e. The van der Waals surface area contributed by atoms with Crippen LogP contribution in [0, 0.1) is 5.92 Å². The summed E-state index contributed by atoms with van der Waals surface area (Å²) in [5, 5.41) is 21.1. The van der Waals surface area contributed by atoms with Gasteiger partial charge < -0.3 is 36.0 Å². The number of ether oxygens (including phenoxy) is 1. The summed E-state index contributed by atoms with van der Waals surface area (Å²) < 4.78 is 5.82. The van der Waals surface area contributed by atoms with E-state index < -0.39 is 53.7 Å². The summed E-state index contributed by atoms with van der Waals surface area (Å²) in [6, 6.07) is 4.07. The van der Waals surface area contributed by atoms with Gasteiger partial charge in [-0.1, -0.05) is 45.2 Å². The highest BCUT2D eigenvalue weighted by molar-refractivity contribution is 6.01. The summed E-state index contributed by atoms with van der Waals surface area (Å²) in [4.78, 5) is 69.1. The van der Waals surface area contributed by atoms with Crippen LogP contribution < -0.4 is 26.0 Å². The van der Waals surface area contributed by atoms with Crippen LogP contribution in [0.2, 0.25) is 0 Å². The van der Waals surface area contributed by atoms with Gasteiger partial charge in [-0.3, -0.25) is 24.0 Å². The first-order valence-electron chi connectivity index (χ1n) is 15.0. The topological polar surface area (TPSA) is 166 Å². The average Bonchev–Trinajstić information content (AvgIpc) is 3.46. The third-order valence-electron chi connectivity index (χ3n) is 8.41. The van der Waals surface area contributed by atoms with Crippen molar-refractivity contribution in [2.24, 2.45) is 5.92 Å². The number of carbonyl (C=O) groups excluding carboxylic acids is 5. The SMILES string of the molecule is CC(C)[C@H]1NC(=O)C2(CCCCC2)NC(=O)C[C@@H](C(=O)N2CCC[C@H]2CO)NC(=O)c2ccccc2OCCNC1=O. The lowest BCUT2D eigenvalue weighted by molar-refractivity contribution is -0.140. The monoisotopic (exact) mass is 585 g/mol. The molecule has 0 unspecified atom stereocenters. The van der Waals surface area contributed by atoms with Crippen LogP contribution in [-0.2, 0) is 19.2 Å². The molecule has 0 radical (unpaired) electrons. The number of carbonyl (C=O) groups is 5. The van der Waals surface area contributed by atoms with E-state index >= 15 is 0 Å². The zero-order valence-corrected chi connectivity index (χ0v) is 24.4. The van der Waals surface area contributed by atoms with Gasteiger partial charge in [0.2, 0.25) is 23.6 Å². The second-order valence-corrected chi connectivity index (χ2v) is 11.8. The fraction of sp³-hybridized carbons (Fsp3) is 0.633. The number of aliphatic hydroxyl groups is 1. The van der Waals surface area contributed by atoms with E-state index in [0.29, 0.717) is 45.1 Å². The zero-order chi connectivity index (χ0) is 30.3. The van der Waals surface area contributed by atoms with Crippen molar-refractivity contribution in [3.63, 3.8) is 0 Å². The lowest BCUT2D eigenvalue weighted by Crippen LogP contribution is -2.64. The van der Waals surface area contributed by atoms with Gasteiger partial charge in [0.1, 0.15) is 30.0 Å². The standard InChI is InChI=1S/C30H43N5O7/c1-19(2)25-27(39)31-14-16-42-23-11-5-4-10-21(23)26(38)32-22(28(40)35-15-8-9-20(35)18-36)17-24(37)34-30(29(41)33-25)12-6-3-7-13-30/h4-5,10-11,19-20,22,25,36H,3,6-9,12-18H2,1-2H3,(H,31,39)(H,32,38)(H,33,41)(H,34,37)/t20-,22-,25+/m0/s1. The van der Waals surface area contributed by atoms with Crippen molar-refractivity contribution in [2.75, 3.05) is 26.3 Å². The van der Waals surface area contributed by atoms with E-state index in [2.05, 4.69) is 21.3 Å². The van der Waals surface area contributed by atoms with Gasteiger partial charge in [-0.2, -0.15) is 0 Å². The summed E-state index contributed by atoms with van der Waals surface area (Å²) >= 11 is 0. The molecule has 1 spiro atoms. The van der Waals surface area contributed by atoms with E-state index in [1.165, 1.54) is 4.90 Å². The maximum Gasteiger partial charge on any atom is 0.255 e. The van der Waals surface area contributed by atoms with E-state index in [1.807, 2.05) is 13.8 Å². The Balaban J connectivity index is 1.68. The first-order valence-corrected chi connectivity index (χ1v) is 15.0. The largest absolute Gasteiger partial charge is 0.491 e. The molecule has 1 aliphatic carbocycles. The molecule has 230 valence electrons. The van der Waals surface area contributed by atoms with Gasteiger partial charge in [-0.25, -0.2) is 0 Å². The summed E-state index contributed by atoms with van der Waals surface area (Å²) in [6.07, 6.45) is 4.05. The molecule has 3 aliphatic rings. The molecule has 12 heteroatoms. The van der Waals surface area contributed by atoms with Gasteiger partial charge >= 0.3 is 0 Å². The number of para-hydroxylation sites is 1. The second-order valence-electron chi connectivity index (χ2n) is 11.8. The van der Waals surface area contributed by atoms with Crippen molar-refractivity contribution in [1.82, 2.24) is 26.2 Å². The van der Waals surface area contributed by atoms with Crippen LogP contribution in [-0.4, -0.2) is 89.5 Å². The second kappa shape index (κ2) is 14.0. The fourth-order valence-corrected chi connectivity index (χ4v) is 6.06. The maximum atomic E-state index is 13.7. The van der Waals surface area contributed by atoms with Crippen molar-refractivity contribution in [3.8, 4) is 5.75 Å². The van der Waals surface area contributed by atoms with Crippen LogP contribution in [0.25, 0.3) is 0 Å². The fourth-order valence-electron chi connectivity index (χ4n) is 6.06. The molecule has 0 aromatic heterocycles. The molecule has 0 bridgehead atoms. The number of rotatable bonds is 3. The van der Waals surface area contributed by atoms with E-state index in [9.17, 15) is 29.1 Å². The molecule has 12 nitrogen and oxygen atoms in total. The quantitative estimate of drug-likeness (QED) is 0.347. The Morgan fingerprint density at radius 3 is 2.52 bits per heavy atom. The van der Waals surface area contributed by atoms with Crippen LogP contribution in [0.1, 0.15) is 75.6 Å². The molecule has 42 heavy (non-hydrogen) atoms. The van der Waals surface area contributed by atoms with Crippen LogP contribution in [0.3, 0.4) is 0 Å². The molecule has 1 aromatic rings. The van der Waals surface area contributed by atoms with Crippen molar-refractivity contribution < 1.29 is 33.8 Å². The summed E-state index contributed by atoms with van der Waals surface area (Å²) in [5.41, 5.74) is -1.07. The molecule has 1 aromatic carbocycles. The normalized spacial score (nSPS) is 25.9. The Morgan fingerprint density at radius 1 is 1.07 bits per heavy atom. The van der Waals surface area contributed by atoms with Crippen LogP contribution in [0.5, 0.6) is 5.75 Å². The first kappa shape index (κ1) is 31.3. The van der Waals surface area contributed by atoms with Gasteiger partial charge in [-0.15, -0.1) is 0 Å². The highest BCUT2D eigenvalue weighted by Crippen LogP contribution is 2.29. The predicted molar refractivity (Wildman–Crippen MR) is 153 cm³/mol. The molecule has 2 aliphatic heterocycles. The van der Waals surface area contributed by atoms with Crippen molar-refractivity contribution >= 4 is 29.5 Å². The molecule has 3 atom stereocenters. The van der Waals surface area contributed by atoms with E-state index in [4.69, 9.17) is 4.74 Å². The highest BCUT2D eigenvalue weighted by Gasteiger charge is 2.44. The lowest BCUT2D eigenvalue weighted by Gasteiger charge is -2.38. The van der Waals surface area contributed by atoms with Crippen LogP contribution in [0.15, 0.2) is 24.3 Å². The third kappa shape index (κ3) is 7.21.